The van der Waals surface area contributed by atoms with Gasteiger partial charge in [-0.1, -0.05) is 6.07 Å². The van der Waals surface area contributed by atoms with Crippen LogP contribution in [0.5, 0.6) is 0 Å². The molecule has 0 saturated carbocycles. The molecule has 0 bridgehead atoms. The number of aliphatic hydroxyl groups excluding tert-OH is 1. The molecule has 110 valence electrons. The first kappa shape index (κ1) is 14.9. The first-order valence-corrected chi connectivity index (χ1v) is 6.40. The third kappa shape index (κ3) is 3.76. The number of hydrogen-bond acceptors (Lipinski definition) is 4. The van der Waals surface area contributed by atoms with Crippen molar-refractivity contribution in [1.29, 1.82) is 0 Å². The molecule has 2 aromatic carbocycles. The maximum absolute atomic E-state index is 13.1. The van der Waals surface area contributed by atoms with Crippen LogP contribution >= 0.6 is 0 Å². The van der Waals surface area contributed by atoms with Gasteiger partial charge in [0.1, 0.15) is 5.82 Å². The van der Waals surface area contributed by atoms with Gasteiger partial charge in [0.2, 0.25) is 0 Å². The van der Waals surface area contributed by atoms with Gasteiger partial charge in [0.25, 0.3) is 5.69 Å². The van der Waals surface area contributed by atoms with Crippen molar-refractivity contribution < 1.29 is 14.4 Å². The zero-order valence-electron chi connectivity index (χ0n) is 11.4. The molecule has 0 aliphatic carbocycles. The highest BCUT2D eigenvalue weighted by Crippen LogP contribution is 2.20. The Balaban J connectivity index is 2.02. The average molecular weight is 290 g/mol. The van der Waals surface area contributed by atoms with E-state index in [9.17, 15) is 19.6 Å². The predicted octanol–water partition coefficient (Wildman–Crippen LogP) is 3.19. The smallest absolute Gasteiger partial charge is 0.269 e. The van der Waals surface area contributed by atoms with Crippen LogP contribution in [0.4, 0.5) is 15.8 Å². The van der Waals surface area contributed by atoms with Crippen LogP contribution in [0, 0.1) is 22.9 Å². The first-order valence-electron chi connectivity index (χ1n) is 6.40. The standard InChI is InChI=1S/C15H15FN2O3/c1-10-2-5-12(16)8-14(10)17-9-15(19)11-3-6-13(7-4-11)18(20)21/h2-8,15,17,19H,9H2,1H3. The zero-order chi connectivity index (χ0) is 15.4. The van der Waals surface area contributed by atoms with Crippen LogP contribution in [0.25, 0.3) is 0 Å². The van der Waals surface area contributed by atoms with E-state index in [0.29, 0.717) is 11.3 Å². The lowest BCUT2D eigenvalue weighted by Crippen LogP contribution is -2.13. The summed E-state index contributed by atoms with van der Waals surface area (Å²) in [6.45, 7) is 2.02. The minimum absolute atomic E-state index is 0.0279. The summed E-state index contributed by atoms with van der Waals surface area (Å²) in [7, 11) is 0. The molecule has 5 nitrogen and oxygen atoms in total. The summed E-state index contributed by atoms with van der Waals surface area (Å²) in [5.74, 6) is -0.354. The highest BCUT2D eigenvalue weighted by Gasteiger charge is 2.11. The molecule has 2 rings (SSSR count). The molecule has 2 N–H and O–H groups in total. The van der Waals surface area contributed by atoms with E-state index in [0.717, 1.165) is 5.56 Å². The number of nitro benzene ring substituents is 1. The van der Waals surface area contributed by atoms with Crippen molar-refractivity contribution in [1.82, 2.24) is 0 Å². The molecule has 0 radical (unpaired) electrons. The van der Waals surface area contributed by atoms with E-state index in [1.54, 1.807) is 6.07 Å². The van der Waals surface area contributed by atoms with Crippen LogP contribution in [0.3, 0.4) is 0 Å². The van der Waals surface area contributed by atoms with Gasteiger partial charge in [-0.05, 0) is 42.3 Å². The number of rotatable bonds is 5. The summed E-state index contributed by atoms with van der Waals surface area (Å²) < 4.78 is 13.1. The predicted molar refractivity (Wildman–Crippen MR) is 77.7 cm³/mol. The molecule has 0 fully saturated rings. The van der Waals surface area contributed by atoms with Crippen LogP contribution in [0.2, 0.25) is 0 Å². The van der Waals surface area contributed by atoms with Crippen LogP contribution in [0.15, 0.2) is 42.5 Å². The van der Waals surface area contributed by atoms with E-state index < -0.39 is 11.0 Å². The molecule has 1 atom stereocenters. The molecular formula is C15H15FN2O3. The summed E-state index contributed by atoms with van der Waals surface area (Å²) in [5.41, 5.74) is 2.00. The molecule has 0 aliphatic rings. The summed E-state index contributed by atoms with van der Waals surface area (Å²) >= 11 is 0. The summed E-state index contributed by atoms with van der Waals surface area (Å²) in [6.07, 6.45) is -0.839. The van der Waals surface area contributed by atoms with Crippen LogP contribution < -0.4 is 5.32 Å². The molecule has 6 heteroatoms. The minimum Gasteiger partial charge on any atom is -0.387 e. The first-order chi connectivity index (χ1) is 9.97. The minimum atomic E-state index is -0.839. The highest BCUT2D eigenvalue weighted by atomic mass is 19.1. The van der Waals surface area contributed by atoms with Crippen molar-refractivity contribution in [2.45, 2.75) is 13.0 Å². The van der Waals surface area contributed by atoms with Crippen molar-refractivity contribution in [3.05, 3.63) is 69.5 Å². The highest BCUT2D eigenvalue weighted by molar-refractivity contribution is 5.51. The zero-order valence-corrected chi connectivity index (χ0v) is 11.4. The van der Waals surface area contributed by atoms with Gasteiger partial charge in [-0.25, -0.2) is 4.39 Å². The number of non-ortho nitro benzene ring substituents is 1. The van der Waals surface area contributed by atoms with Crippen LogP contribution in [0.1, 0.15) is 17.2 Å². The van der Waals surface area contributed by atoms with Crippen LogP contribution in [-0.2, 0) is 0 Å². The monoisotopic (exact) mass is 290 g/mol. The molecule has 0 spiro atoms. The number of halogens is 1. The Hall–Kier alpha value is -2.47. The normalized spacial score (nSPS) is 12.0. The molecule has 2 aromatic rings. The Bertz CT molecular complexity index is 644. The lowest BCUT2D eigenvalue weighted by Gasteiger charge is -2.14. The molecule has 0 aromatic heterocycles. The number of anilines is 1. The SMILES string of the molecule is Cc1ccc(F)cc1NCC(O)c1ccc([N+](=O)[O-])cc1. The van der Waals surface area contributed by atoms with E-state index in [2.05, 4.69) is 5.32 Å². The Kier molecular flexibility index (Phi) is 4.49. The number of benzene rings is 2. The maximum atomic E-state index is 13.1. The number of aliphatic hydroxyl groups is 1. The fourth-order valence-electron chi connectivity index (χ4n) is 1.93. The van der Waals surface area contributed by atoms with Crippen LogP contribution in [-0.4, -0.2) is 16.6 Å². The number of hydrogen-bond donors (Lipinski definition) is 2. The van der Waals surface area contributed by atoms with Gasteiger partial charge >= 0.3 is 0 Å². The van der Waals surface area contributed by atoms with E-state index in [1.165, 1.54) is 36.4 Å². The van der Waals surface area contributed by atoms with Gasteiger partial charge in [0.05, 0.1) is 11.0 Å². The van der Waals surface area contributed by atoms with E-state index >= 15 is 0 Å². The summed E-state index contributed by atoms with van der Waals surface area (Å²) in [4.78, 5) is 10.1. The second-order valence-electron chi connectivity index (χ2n) is 4.70. The Morgan fingerprint density at radius 1 is 1.29 bits per heavy atom. The van der Waals surface area contributed by atoms with Gasteiger partial charge < -0.3 is 10.4 Å². The number of nitrogens with one attached hydrogen (secondary N) is 1. The number of nitrogens with zero attached hydrogens (tertiary/aromatic N) is 1. The molecule has 1 unspecified atom stereocenters. The molecule has 0 saturated heterocycles. The van der Waals surface area contributed by atoms with Crippen molar-refractivity contribution >= 4 is 11.4 Å². The van der Waals surface area contributed by atoms with Crippen molar-refractivity contribution in [3.63, 3.8) is 0 Å². The van der Waals surface area contributed by atoms with Crippen molar-refractivity contribution in [2.24, 2.45) is 0 Å². The molecule has 0 amide bonds. The molecule has 0 aliphatic heterocycles. The van der Waals surface area contributed by atoms with Gasteiger partial charge in [-0.15, -0.1) is 0 Å². The van der Waals surface area contributed by atoms with E-state index in [-0.39, 0.29) is 18.0 Å². The van der Waals surface area contributed by atoms with E-state index in [4.69, 9.17) is 0 Å². The fraction of sp³-hybridized carbons (Fsp3) is 0.200. The fourth-order valence-corrected chi connectivity index (χ4v) is 1.93. The summed E-state index contributed by atoms with van der Waals surface area (Å²) in [5, 5.41) is 23.6. The van der Waals surface area contributed by atoms with Gasteiger partial charge in [-0.3, -0.25) is 10.1 Å². The second-order valence-corrected chi connectivity index (χ2v) is 4.70. The lowest BCUT2D eigenvalue weighted by atomic mass is 10.1. The maximum Gasteiger partial charge on any atom is 0.269 e. The molecule has 0 heterocycles. The Morgan fingerprint density at radius 3 is 2.57 bits per heavy atom. The third-order valence-corrected chi connectivity index (χ3v) is 3.17. The summed E-state index contributed by atoms with van der Waals surface area (Å²) in [6, 6.07) is 10.1. The topological polar surface area (TPSA) is 75.4 Å². The molecule has 21 heavy (non-hydrogen) atoms. The van der Waals surface area contributed by atoms with Gasteiger partial charge in [0.15, 0.2) is 0 Å². The average Bonchev–Trinajstić information content (AvgIpc) is 2.48. The van der Waals surface area contributed by atoms with Crippen molar-refractivity contribution in [3.8, 4) is 0 Å². The Labute approximate surface area is 121 Å². The third-order valence-electron chi connectivity index (χ3n) is 3.17. The largest absolute Gasteiger partial charge is 0.387 e. The quantitative estimate of drug-likeness (QED) is 0.655. The second kappa shape index (κ2) is 6.32. The van der Waals surface area contributed by atoms with Gasteiger partial charge in [0, 0.05) is 24.4 Å². The Morgan fingerprint density at radius 2 is 1.95 bits per heavy atom. The molecular weight excluding hydrogens is 275 g/mol. The lowest BCUT2D eigenvalue weighted by molar-refractivity contribution is -0.384. The van der Waals surface area contributed by atoms with Gasteiger partial charge in [-0.2, -0.15) is 0 Å². The number of nitro groups is 1. The van der Waals surface area contributed by atoms with Crippen molar-refractivity contribution in [2.75, 3.05) is 11.9 Å². The number of aryl methyl sites for hydroxylation is 1. The van der Waals surface area contributed by atoms with E-state index in [1.807, 2.05) is 6.92 Å².